The number of anilines is 1. The highest BCUT2D eigenvalue weighted by Gasteiger charge is 2.73. The number of hydrogen-bond donors (Lipinski definition) is 0. The average Bonchev–Trinajstić information content (AvgIpc) is 2.84. The van der Waals surface area contributed by atoms with E-state index in [2.05, 4.69) is 0 Å². The molecule has 2 aromatic rings. The second-order valence-corrected chi connectivity index (χ2v) is 7.43. The lowest BCUT2D eigenvalue weighted by Crippen LogP contribution is -2.50. The number of aryl methyl sites for hydroxylation is 1. The Hall–Kier alpha value is -2.18. The first-order valence-electron chi connectivity index (χ1n) is 7.82. The summed E-state index contributed by atoms with van der Waals surface area (Å²) < 4.78 is 92.4. The number of nitrogens with zero attached hydrogens (tertiary/aromatic N) is 1. The summed E-state index contributed by atoms with van der Waals surface area (Å²) in [7, 11) is 0. The van der Waals surface area contributed by atoms with E-state index in [1.54, 1.807) is 6.07 Å². The van der Waals surface area contributed by atoms with E-state index in [4.69, 9.17) is 0 Å². The fourth-order valence-electron chi connectivity index (χ4n) is 3.07. The van der Waals surface area contributed by atoms with Crippen LogP contribution in [0.2, 0.25) is 0 Å². The zero-order valence-corrected chi connectivity index (χ0v) is 16.4. The van der Waals surface area contributed by atoms with Gasteiger partial charge in [-0.05, 0) is 53.3 Å². The van der Waals surface area contributed by atoms with Crippen LogP contribution < -0.4 is 4.90 Å². The predicted molar refractivity (Wildman–Crippen MR) is 96.4 cm³/mol. The molecule has 29 heavy (non-hydrogen) atoms. The molecule has 1 aliphatic heterocycles. The van der Waals surface area contributed by atoms with Crippen LogP contribution in [0.4, 0.5) is 36.4 Å². The van der Waals surface area contributed by atoms with Gasteiger partial charge in [0.1, 0.15) is 0 Å². The van der Waals surface area contributed by atoms with Gasteiger partial charge >= 0.3 is 18.0 Å². The third kappa shape index (κ3) is 3.09. The fraction of sp³-hybridized carbons (Fsp3) is 0.222. The lowest BCUT2D eigenvalue weighted by molar-refractivity contribution is -0.348. The van der Waals surface area contributed by atoms with Gasteiger partial charge in [-0.15, -0.1) is 0 Å². The standard InChI is InChI=1S/C18H9F7INO2/c1-8-7-9(16(19,17(20,21)22)18(23,24)25)5-6-12(8)27-14(28)10-3-2-4-11(26)13(10)15(27)29/h2-7H,1H3. The van der Waals surface area contributed by atoms with E-state index in [1.165, 1.54) is 12.1 Å². The molecule has 3 nitrogen and oxygen atoms in total. The van der Waals surface area contributed by atoms with Crippen LogP contribution in [0.25, 0.3) is 0 Å². The smallest absolute Gasteiger partial charge is 0.268 e. The largest absolute Gasteiger partial charge is 0.435 e. The molecule has 3 rings (SSSR count). The Morgan fingerprint density at radius 2 is 1.45 bits per heavy atom. The molecule has 11 heteroatoms. The van der Waals surface area contributed by atoms with Crippen molar-refractivity contribution in [1.82, 2.24) is 0 Å². The normalized spacial score (nSPS) is 15.1. The number of carbonyl (C=O) groups is 2. The van der Waals surface area contributed by atoms with Crippen LogP contribution in [0.15, 0.2) is 36.4 Å². The van der Waals surface area contributed by atoms with E-state index in [9.17, 15) is 40.3 Å². The molecule has 0 unspecified atom stereocenters. The molecule has 0 aromatic heterocycles. The Morgan fingerprint density at radius 3 is 1.93 bits per heavy atom. The predicted octanol–water partition coefficient (Wildman–Crippen LogP) is 5.69. The molecular weight excluding hydrogens is 522 g/mol. The van der Waals surface area contributed by atoms with Gasteiger partial charge in [0.05, 0.1) is 16.8 Å². The zero-order chi connectivity index (χ0) is 21.9. The fourth-order valence-corrected chi connectivity index (χ4v) is 3.80. The van der Waals surface area contributed by atoms with Gasteiger partial charge in [-0.3, -0.25) is 9.59 Å². The molecule has 0 aliphatic carbocycles. The molecule has 154 valence electrons. The summed E-state index contributed by atoms with van der Waals surface area (Å²) in [5.41, 5.74) is -7.70. The molecule has 2 aromatic carbocycles. The Balaban J connectivity index is 2.12. The molecule has 1 heterocycles. The van der Waals surface area contributed by atoms with E-state index in [0.717, 1.165) is 6.92 Å². The Morgan fingerprint density at radius 1 is 0.862 bits per heavy atom. The van der Waals surface area contributed by atoms with Crippen molar-refractivity contribution in [2.24, 2.45) is 0 Å². The number of halogens is 8. The number of imide groups is 1. The summed E-state index contributed by atoms with van der Waals surface area (Å²) in [6, 6.07) is 5.78. The van der Waals surface area contributed by atoms with Gasteiger partial charge in [0.2, 0.25) is 0 Å². The first kappa shape index (κ1) is 21.5. The number of fused-ring (bicyclic) bond motifs is 1. The number of amides is 2. The molecule has 0 bridgehead atoms. The highest BCUT2D eigenvalue weighted by molar-refractivity contribution is 14.1. The minimum Gasteiger partial charge on any atom is -0.268 e. The SMILES string of the molecule is Cc1cc(C(F)(C(F)(F)F)C(F)(F)F)ccc1N1C(=O)c2cccc(I)c2C1=O. The Kier molecular flexibility index (Phi) is 4.95. The maximum atomic E-state index is 14.2. The first-order chi connectivity index (χ1) is 13.2. The molecule has 0 spiro atoms. The quantitative estimate of drug-likeness (QED) is 0.284. The summed E-state index contributed by atoms with van der Waals surface area (Å²) in [6.45, 7) is 1.08. The van der Waals surface area contributed by atoms with E-state index < -0.39 is 35.4 Å². The third-order valence-electron chi connectivity index (χ3n) is 4.48. The van der Waals surface area contributed by atoms with Gasteiger partial charge < -0.3 is 0 Å². The van der Waals surface area contributed by atoms with Gasteiger partial charge in [0, 0.05) is 9.13 Å². The van der Waals surface area contributed by atoms with E-state index in [-0.39, 0.29) is 28.4 Å². The molecule has 0 saturated heterocycles. The topological polar surface area (TPSA) is 37.4 Å². The third-order valence-corrected chi connectivity index (χ3v) is 5.38. The first-order valence-corrected chi connectivity index (χ1v) is 8.90. The van der Waals surface area contributed by atoms with Crippen LogP contribution in [-0.2, 0) is 5.67 Å². The van der Waals surface area contributed by atoms with Gasteiger partial charge in [0.15, 0.2) is 0 Å². The van der Waals surface area contributed by atoms with Crippen LogP contribution in [-0.4, -0.2) is 24.2 Å². The highest BCUT2D eigenvalue weighted by Crippen LogP contribution is 2.53. The molecule has 0 radical (unpaired) electrons. The van der Waals surface area contributed by atoms with Gasteiger partial charge in [-0.25, -0.2) is 9.29 Å². The molecule has 1 aliphatic rings. The van der Waals surface area contributed by atoms with Crippen molar-refractivity contribution < 1.29 is 40.3 Å². The number of alkyl halides is 7. The van der Waals surface area contributed by atoms with E-state index >= 15 is 0 Å². The minimum atomic E-state index is -6.26. The van der Waals surface area contributed by atoms with Crippen molar-refractivity contribution in [2.75, 3.05) is 4.90 Å². The molecule has 0 saturated carbocycles. The van der Waals surface area contributed by atoms with Crippen molar-refractivity contribution >= 4 is 40.1 Å². The second kappa shape index (κ2) is 6.67. The summed E-state index contributed by atoms with van der Waals surface area (Å²) >= 11 is 1.82. The van der Waals surface area contributed by atoms with Crippen LogP contribution in [0, 0.1) is 10.5 Å². The van der Waals surface area contributed by atoms with E-state index in [0.29, 0.717) is 20.6 Å². The summed E-state index contributed by atoms with van der Waals surface area (Å²) in [4.78, 5) is 25.9. The second-order valence-electron chi connectivity index (χ2n) is 6.26. The van der Waals surface area contributed by atoms with Crippen molar-refractivity contribution in [2.45, 2.75) is 24.9 Å². The van der Waals surface area contributed by atoms with Gasteiger partial charge in [-0.1, -0.05) is 18.2 Å². The zero-order valence-electron chi connectivity index (χ0n) is 14.3. The number of hydrogen-bond acceptors (Lipinski definition) is 2. The monoisotopic (exact) mass is 531 g/mol. The molecule has 0 fully saturated rings. The number of rotatable bonds is 2. The maximum Gasteiger partial charge on any atom is 0.435 e. The van der Waals surface area contributed by atoms with Crippen LogP contribution >= 0.6 is 22.6 Å². The summed E-state index contributed by atoms with van der Waals surface area (Å²) in [5.74, 6) is -1.55. The number of benzene rings is 2. The maximum absolute atomic E-state index is 14.2. The lowest BCUT2D eigenvalue weighted by Gasteiger charge is -2.31. The van der Waals surface area contributed by atoms with Gasteiger partial charge in [-0.2, -0.15) is 26.3 Å². The lowest BCUT2D eigenvalue weighted by atomic mass is 9.92. The summed E-state index contributed by atoms with van der Waals surface area (Å²) in [6.07, 6.45) is -12.5. The Labute approximate surface area is 172 Å². The van der Waals surface area contributed by atoms with Crippen LogP contribution in [0.3, 0.4) is 0 Å². The highest BCUT2D eigenvalue weighted by atomic mass is 127. The number of carbonyl (C=O) groups excluding carboxylic acids is 2. The van der Waals surface area contributed by atoms with Crippen molar-refractivity contribution in [3.63, 3.8) is 0 Å². The molecule has 2 amide bonds. The van der Waals surface area contributed by atoms with Gasteiger partial charge in [0.25, 0.3) is 11.8 Å². The van der Waals surface area contributed by atoms with Crippen molar-refractivity contribution in [3.05, 3.63) is 62.2 Å². The minimum absolute atomic E-state index is 0.0517. The Bertz CT molecular complexity index is 1020. The molecule has 0 N–H and O–H groups in total. The van der Waals surface area contributed by atoms with Crippen molar-refractivity contribution in [1.29, 1.82) is 0 Å². The molecule has 0 atom stereocenters. The average molecular weight is 531 g/mol. The van der Waals surface area contributed by atoms with Crippen molar-refractivity contribution in [3.8, 4) is 0 Å². The summed E-state index contributed by atoms with van der Waals surface area (Å²) in [5, 5.41) is 0. The van der Waals surface area contributed by atoms with Crippen LogP contribution in [0.5, 0.6) is 0 Å². The molecular formula is C18H9F7INO2. The van der Waals surface area contributed by atoms with Crippen LogP contribution in [0.1, 0.15) is 31.8 Å². The van der Waals surface area contributed by atoms with E-state index in [1.807, 2.05) is 22.6 Å².